The SMILES string of the molecule is O=C1C[C@@H](c2ccccc2)CC2=C1[C@H](c1ccccc1)N(C(=O)c1ccccc1)c1ccccc1N2. The number of hydrogen-bond acceptors (Lipinski definition) is 3. The maximum Gasteiger partial charge on any atom is 0.259 e. The van der Waals surface area contributed by atoms with Crippen molar-refractivity contribution in [3.05, 3.63) is 143 Å². The van der Waals surface area contributed by atoms with E-state index in [4.69, 9.17) is 0 Å². The monoisotopic (exact) mass is 470 g/mol. The van der Waals surface area contributed by atoms with Crippen molar-refractivity contribution < 1.29 is 9.59 Å². The van der Waals surface area contributed by atoms with Crippen LogP contribution in [0.25, 0.3) is 0 Å². The zero-order valence-electron chi connectivity index (χ0n) is 19.8. The summed E-state index contributed by atoms with van der Waals surface area (Å²) in [5.41, 5.74) is 5.82. The van der Waals surface area contributed by atoms with Gasteiger partial charge < -0.3 is 5.32 Å². The number of nitrogens with one attached hydrogen (secondary N) is 1. The first-order valence-corrected chi connectivity index (χ1v) is 12.3. The molecule has 4 aromatic carbocycles. The molecule has 4 nitrogen and oxygen atoms in total. The second-order valence-electron chi connectivity index (χ2n) is 9.33. The van der Waals surface area contributed by atoms with Crippen LogP contribution in [0, 0.1) is 0 Å². The van der Waals surface area contributed by atoms with Gasteiger partial charge in [0, 0.05) is 23.3 Å². The van der Waals surface area contributed by atoms with Gasteiger partial charge in [-0.1, -0.05) is 91.0 Å². The smallest absolute Gasteiger partial charge is 0.259 e. The molecule has 4 heteroatoms. The topological polar surface area (TPSA) is 49.4 Å². The number of carbonyl (C=O) groups is 2. The first-order valence-electron chi connectivity index (χ1n) is 12.3. The number of Topliss-reactive ketones (excluding diaryl/α,β-unsaturated/α-hetero) is 1. The number of amides is 1. The van der Waals surface area contributed by atoms with E-state index in [1.54, 1.807) is 4.90 Å². The van der Waals surface area contributed by atoms with Crippen molar-refractivity contribution in [3.63, 3.8) is 0 Å². The summed E-state index contributed by atoms with van der Waals surface area (Å²) in [6.07, 6.45) is 1.12. The number of anilines is 2. The molecule has 1 amide bonds. The Kier molecular flexibility index (Phi) is 5.70. The van der Waals surface area contributed by atoms with Crippen molar-refractivity contribution in [2.45, 2.75) is 24.8 Å². The molecule has 176 valence electrons. The van der Waals surface area contributed by atoms with Gasteiger partial charge in [-0.3, -0.25) is 14.5 Å². The Bertz CT molecular complexity index is 1450. The fourth-order valence-corrected chi connectivity index (χ4v) is 5.45. The molecule has 2 aliphatic rings. The van der Waals surface area contributed by atoms with Gasteiger partial charge in [0.05, 0.1) is 17.4 Å². The molecule has 0 saturated carbocycles. The molecular formula is C32H26N2O2. The summed E-state index contributed by atoms with van der Waals surface area (Å²) < 4.78 is 0. The normalized spacial score (nSPS) is 19.1. The number of rotatable bonds is 3. The van der Waals surface area contributed by atoms with Gasteiger partial charge in [-0.25, -0.2) is 0 Å². The highest BCUT2D eigenvalue weighted by molar-refractivity contribution is 6.12. The quantitative estimate of drug-likeness (QED) is 0.354. The van der Waals surface area contributed by atoms with Gasteiger partial charge in [-0.05, 0) is 47.7 Å². The molecule has 0 fully saturated rings. The third-order valence-corrected chi connectivity index (χ3v) is 7.11. The molecule has 0 spiro atoms. The van der Waals surface area contributed by atoms with Crippen molar-refractivity contribution in [2.75, 3.05) is 10.2 Å². The average Bonchev–Trinajstić information content (AvgIpc) is 3.09. The lowest BCUT2D eigenvalue weighted by Crippen LogP contribution is -2.38. The molecule has 0 bridgehead atoms. The van der Waals surface area contributed by atoms with Gasteiger partial charge in [-0.15, -0.1) is 0 Å². The Morgan fingerprint density at radius 2 is 1.28 bits per heavy atom. The van der Waals surface area contributed by atoms with Crippen molar-refractivity contribution in [3.8, 4) is 0 Å². The number of hydrogen-bond donors (Lipinski definition) is 1. The van der Waals surface area contributed by atoms with E-state index < -0.39 is 6.04 Å². The third-order valence-electron chi connectivity index (χ3n) is 7.11. The second-order valence-corrected chi connectivity index (χ2v) is 9.33. The van der Waals surface area contributed by atoms with E-state index >= 15 is 0 Å². The highest BCUT2D eigenvalue weighted by atomic mass is 16.2. The van der Waals surface area contributed by atoms with Crippen molar-refractivity contribution in [1.82, 2.24) is 0 Å². The molecule has 1 heterocycles. The molecule has 1 aliphatic heterocycles. The van der Waals surface area contributed by atoms with Crippen LogP contribution in [0.3, 0.4) is 0 Å². The molecule has 1 N–H and O–H groups in total. The number of allylic oxidation sites excluding steroid dienone is 1. The van der Waals surface area contributed by atoms with Gasteiger partial charge >= 0.3 is 0 Å². The van der Waals surface area contributed by atoms with Crippen LogP contribution < -0.4 is 10.2 Å². The van der Waals surface area contributed by atoms with Crippen LogP contribution >= 0.6 is 0 Å². The lowest BCUT2D eigenvalue weighted by atomic mass is 9.78. The minimum Gasteiger partial charge on any atom is -0.357 e. The lowest BCUT2D eigenvalue weighted by Gasteiger charge is -2.35. The van der Waals surface area contributed by atoms with E-state index in [9.17, 15) is 9.59 Å². The zero-order valence-corrected chi connectivity index (χ0v) is 19.8. The van der Waals surface area contributed by atoms with E-state index in [2.05, 4.69) is 17.4 Å². The fraction of sp³-hybridized carbons (Fsp3) is 0.125. The highest BCUT2D eigenvalue weighted by Crippen LogP contribution is 2.47. The van der Waals surface area contributed by atoms with Crippen LogP contribution in [0.15, 0.2) is 127 Å². The van der Waals surface area contributed by atoms with Gasteiger partial charge in [0.2, 0.25) is 0 Å². The molecule has 0 unspecified atom stereocenters. The van der Waals surface area contributed by atoms with Crippen molar-refractivity contribution in [2.24, 2.45) is 0 Å². The molecule has 36 heavy (non-hydrogen) atoms. The summed E-state index contributed by atoms with van der Waals surface area (Å²) in [5, 5.41) is 3.59. The van der Waals surface area contributed by atoms with E-state index in [0.717, 1.165) is 28.2 Å². The number of carbonyl (C=O) groups excluding carboxylic acids is 2. The predicted octanol–water partition coefficient (Wildman–Crippen LogP) is 6.90. The Hall–Kier alpha value is -4.44. The van der Waals surface area contributed by atoms with Gasteiger partial charge in [0.15, 0.2) is 5.78 Å². The molecule has 2 atom stereocenters. The Morgan fingerprint density at radius 1 is 0.694 bits per heavy atom. The van der Waals surface area contributed by atoms with E-state index in [1.165, 1.54) is 0 Å². The van der Waals surface area contributed by atoms with Crippen LogP contribution in [0.4, 0.5) is 11.4 Å². The summed E-state index contributed by atoms with van der Waals surface area (Å²) in [4.78, 5) is 29.9. The molecule has 0 saturated heterocycles. The number of ketones is 1. The number of fused-ring (bicyclic) bond motifs is 1. The Morgan fingerprint density at radius 3 is 1.97 bits per heavy atom. The summed E-state index contributed by atoms with van der Waals surface area (Å²) in [6, 6.07) is 36.7. The molecule has 4 aromatic rings. The van der Waals surface area contributed by atoms with E-state index in [1.807, 2.05) is 103 Å². The molecule has 1 aliphatic carbocycles. The van der Waals surface area contributed by atoms with E-state index in [-0.39, 0.29) is 17.6 Å². The van der Waals surface area contributed by atoms with Crippen LogP contribution in [0.5, 0.6) is 0 Å². The summed E-state index contributed by atoms with van der Waals surface area (Å²) in [5.74, 6) is 0.0282. The molecule has 0 radical (unpaired) electrons. The first kappa shape index (κ1) is 22.1. The maximum atomic E-state index is 14.1. The first-order chi connectivity index (χ1) is 17.7. The number of para-hydroxylation sites is 2. The predicted molar refractivity (Wildman–Crippen MR) is 143 cm³/mol. The van der Waals surface area contributed by atoms with Crippen LogP contribution in [0.2, 0.25) is 0 Å². The fourth-order valence-electron chi connectivity index (χ4n) is 5.45. The van der Waals surface area contributed by atoms with Crippen molar-refractivity contribution in [1.29, 1.82) is 0 Å². The molecule has 6 rings (SSSR count). The van der Waals surface area contributed by atoms with Gasteiger partial charge in [-0.2, -0.15) is 0 Å². The van der Waals surface area contributed by atoms with Gasteiger partial charge in [0.25, 0.3) is 5.91 Å². The van der Waals surface area contributed by atoms with E-state index in [0.29, 0.717) is 24.0 Å². The molecular weight excluding hydrogens is 444 g/mol. The maximum absolute atomic E-state index is 14.1. The summed E-state index contributed by atoms with van der Waals surface area (Å²) >= 11 is 0. The summed E-state index contributed by atoms with van der Waals surface area (Å²) in [7, 11) is 0. The Balaban J connectivity index is 1.56. The lowest BCUT2D eigenvalue weighted by molar-refractivity contribution is -0.116. The second kappa shape index (κ2) is 9.31. The zero-order chi connectivity index (χ0) is 24.5. The average molecular weight is 471 g/mol. The minimum atomic E-state index is -0.533. The minimum absolute atomic E-state index is 0.0742. The van der Waals surface area contributed by atoms with Crippen LogP contribution in [-0.4, -0.2) is 11.7 Å². The highest BCUT2D eigenvalue weighted by Gasteiger charge is 2.41. The van der Waals surface area contributed by atoms with Crippen LogP contribution in [-0.2, 0) is 4.79 Å². The van der Waals surface area contributed by atoms with Gasteiger partial charge in [0.1, 0.15) is 0 Å². The van der Waals surface area contributed by atoms with Crippen LogP contribution in [0.1, 0.15) is 46.3 Å². The largest absolute Gasteiger partial charge is 0.357 e. The number of benzene rings is 4. The Labute approximate surface area is 210 Å². The summed E-state index contributed by atoms with van der Waals surface area (Å²) in [6.45, 7) is 0. The van der Waals surface area contributed by atoms with Crippen molar-refractivity contribution >= 4 is 23.1 Å². The molecule has 0 aromatic heterocycles. The standard InChI is InChI=1S/C32H26N2O2/c35-29-21-25(22-12-4-1-5-13-22)20-27-30(29)31(23-14-6-2-7-15-23)34(28-19-11-10-18-26(28)33-27)32(36)24-16-8-3-9-17-24/h1-19,25,31,33H,20-21H2/t25-,31-/m0/s1. The number of nitrogens with zero attached hydrogens (tertiary/aromatic N) is 1. The third kappa shape index (κ3) is 3.91.